The lowest BCUT2D eigenvalue weighted by molar-refractivity contribution is -0.0846. The highest BCUT2D eigenvalue weighted by molar-refractivity contribution is 6.08. The van der Waals surface area contributed by atoms with Crippen molar-refractivity contribution in [2.75, 3.05) is 19.7 Å². The molecule has 2 unspecified atom stereocenters. The van der Waals surface area contributed by atoms with Gasteiger partial charge in [-0.25, -0.2) is 0 Å². The molecule has 1 saturated carbocycles. The highest BCUT2D eigenvalue weighted by Crippen LogP contribution is 2.29. The van der Waals surface area contributed by atoms with E-state index in [4.69, 9.17) is 4.74 Å². The summed E-state index contributed by atoms with van der Waals surface area (Å²) in [6.07, 6.45) is 6.99. The first-order valence-corrected chi connectivity index (χ1v) is 8.28. The van der Waals surface area contributed by atoms with Crippen LogP contribution >= 0.6 is 0 Å². The van der Waals surface area contributed by atoms with Crippen LogP contribution in [0.3, 0.4) is 0 Å². The van der Waals surface area contributed by atoms with Crippen LogP contribution in [0.5, 0.6) is 0 Å². The van der Waals surface area contributed by atoms with Crippen LogP contribution in [0, 0.1) is 0 Å². The Hall–Kier alpha value is -1.65. The van der Waals surface area contributed by atoms with E-state index in [0.29, 0.717) is 18.7 Å². The van der Waals surface area contributed by atoms with Gasteiger partial charge in [-0.3, -0.25) is 9.69 Å². The van der Waals surface area contributed by atoms with Gasteiger partial charge in [-0.1, -0.05) is 31.0 Å². The molecular formula is C18H22N2O2. The Morgan fingerprint density at radius 3 is 3.09 bits per heavy atom. The Bertz CT molecular complexity index is 677. The molecule has 1 aromatic carbocycles. The first-order valence-electron chi connectivity index (χ1n) is 8.28. The Morgan fingerprint density at radius 2 is 2.14 bits per heavy atom. The minimum Gasteiger partial charge on any atom is -0.375 e. The van der Waals surface area contributed by atoms with Gasteiger partial charge in [0, 0.05) is 35.2 Å². The molecular weight excluding hydrogens is 276 g/mol. The Kier molecular flexibility index (Phi) is 3.72. The van der Waals surface area contributed by atoms with Crippen LogP contribution in [0.15, 0.2) is 30.5 Å². The predicted molar refractivity (Wildman–Crippen MR) is 86.2 cm³/mol. The molecule has 4 nitrogen and oxygen atoms in total. The lowest BCUT2D eigenvalue weighted by Crippen LogP contribution is -2.53. The number of para-hydroxylation sites is 1. The summed E-state index contributed by atoms with van der Waals surface area (Å²) in [5.74, 6) is 0.212. The SMILES string of the molecule is O=C(CN1CCOC2CCCCC21)c1c[nH]c2ccccc12. The van der Waals surface area contributed by atoms with Gasteiger partial charge in [0.25, 0.3) is 0 Å². The zero-order valence-corrected chi connectivity index (χ0v) is 12.8. The minimum absolute atomic E-state index is 0.212. The first kappa shape index (κ1) is 14.0. The van der Waals surface area contributed by atoms with Crippen molar-refractivity contribution in [1.29, 1.82) is 0 Å². The summed E-state index contributed by atoms with van der Waals surface area (Å²) in [6.45, 7) is 2.13. The predicted octanol–water partition coefficient (Wildman–Crippen LogP) is 2.99. The normalized spacial score (nSPS) is 26.0. The minimum atomic E-state index is 0.212. The van der Waals surface area contributed by atoms with Crippen molar-refractivity contribution in [3.05, 3.63) is 36.0 Å². The molecule has 0 spiro atoms. The number of rotatable bonds is 3. The van der Waals surface area contributed by atoms with Gasteiger partial charge in [0.05, 0.1) is 19.3 Å². The number of nitrogens with zero attached hydrogens (tertiary/aromatic N) is 1. The van der Waals surface area contributed by atoms with Crippen molar-refractivity contribution >= 4 is 16.7 Å². The zero-order chi connectivity index (χ0) is 14.9. The topological polar surface area (TPSA) is 45.3 Å². The molecule has 0 bridgehead atoms. The molecule has 1 aromatic heterocycles. The number of hydrogen-bond donors (Lipinski definition) is 1. The quantitative estimate of drug-likeness (QED) is 0.886. The number of carbonyl (C=O) groups excluding carboxylic acids is 1. The molecule has 1 aliphatic heterocycles. The smallest absolute Gasteiger partial charge is 0.178 e. The van der Waals surface area contributed by atoms with Crippen molar-refractivity contribution in [1.82, 2.24) is 9.88 Å². The second-order valence-corrected chi connectivity index (χ2v) is 6.40. The summed E-state index contributed by atoms with van der Waals surface area (Å²) >= 11 is 0. The van der Waals surface area contributed by atoms with Crippen molar-refractivity contribution in [2.45, 2.75) is 37.8 Å². The molecule has 1 aliphatic carbocycles. The molecule has 2 aromatic rings. The van der Waals surface area contributed by atoms with Gasteiger partial charge in [-0.2, -0.15) is 0 Å². The lowest BCUT2D eigenvalue weighted by atomic mass is 9.90. The highest BCUT2D eigenvalue weighted by Gasteiger charge is 2.35. The van der Waals surface area contributed by atoms with Crippen molar-refractivity contribution in [3.8, 4) is 0 Å². The summed E-state index contributed by atoms with van der Waals surface area (Å²) in [5, 5.41) is 1.03. The number of nitrogens with one attached hydrogen (secondary N) is 1. The fourth-order valence-corrected chi connectivity index (χ4v) is 3.94. The maximum absolute atomic E-state index is 12.8. The maximum atomic E-state index is 12.8. The van der Waals surface area contributed by atoms with Crippen LogP contribution < -0.4 is 0 Å². The number of carbonyl (C=O) groups is 1. The van der Waals surface area contributed by atoms with Crippen molar-refractivity contribution in [2.24, 2.45) is 0 Å². The van der Waals surface area contributed by atoms with Crippen LogP contribution in [0.25, 0.3) is 10.9 Å². The number of Topliss-reactive ketones (excluding diaryl/α,β-unsaturated/α-hetero) is 1. The van der Waals surface area contributed by atoms with Crippen LogP contribution in [-0.4, -0.2) is 47.5 Å². The Morgan fingerprint density at radius 1 is 1.27 bits per heavy atom. The summed E-state index contributed by atoms with van der Waals surface area (Å²) in [7, 11) is 0. The standard InChI is InChI=1S/C18H22N2O2/c21-17(14-11-19-15-6-2-1-5-13(14)15)12-20-9-10-22-18-8-4-3-7-16(18)20/h1-2,5-6,11,16,18-19H,3-4,7-10,12H2. The van der Waals surface area contributed by atoms with Crippen LogP contribution in [0.4, 0.5) is 0 Å². The van der Waals surface area contributed by atoms with E-state index in [1.807, 2.05) is 30.5 Å². The molecule has 2 fully saturated rings. The van der Waals surface area contributed by atoms with Gasteiger partial charge in [-0.15, -0.1) is 0 Å². The van der Waals surface area contributed by atoms with Crippen LogP contribution in [-0.2, 0) is 4.74 Å². The number of benzene rings is 1. The monoisotopic (exact) mass is 298 g/mol. The molecule has 4 heteroatoms. The van der Waals surface area contributed by atoms with Gasteiger partial charge < -0.3 is 9.72 Å². The highest BCUT2D eigenvalue weighted by atomic mass is 16.5. The Balaban J connectivity index is 1.53. The first-order chi connectivity index (χ1) is 10.8. The number of fused-ring (bicyclic) bond motifs is 2. The molecule has 0 amide bonds. The largest absolute Gasteiger partial charge is 0.375 e. The van der Waals surface area contributed by atoms with E-state index < -0.39 is 0 Å². The molecule has 4 rings (SSSR count). The van der Waals surface area contributed by atoms with E-state index in [1.165, 1.54) is 12.8 Å². The summed E-state index contributed by atoms with van der Waals surface area (Å²) in [5.41, 5.74) is 1.85. The van der Waals surface area contributed by atoms with E-state index in [0.717, 1.165) is 42.5 Å². The number of ether oxygens (including phenoxy) is 1. The molecule has 2 atom stereocenters. The third-order valence-electron chi connectivity index (χ3n) is 5.08. The van der Waals surface area contributed by atoms with E-state index in [2.05, 4.69) is 9.88 Å². The van der Waals surface area contributed by atoms with E-state index in [1.54, 1.807) is 0 Å². The van der Waals surface area contributed by atoms with Gasteiger partial charge in [0.15, 0.2) is 5.78 Å². The molecule has 1 N–H and O–H groups in total. The Labute approximate surface area is 130 Å². The van der Waals surface area contributed by atoms with E-state index >= 15 is 0 Å². The van der Waals surface area contributed by atoms with Crippen molar-refractivity contribution in [3.63, 3.8) is 0 Å². The number of hydrogen-bond acceptors (Lipinski definition) is 3. The average Bonchev–Trinajstić information content (AvgIpc) is 2.99. The summed E-state index contributed by atoms with van der Waals surface area (Å²) in [4.78, 5) is 18.3. The molecule has 116 valence electrons. The summed E-state index contributed by atoms with van der Waals surface area (Å²) < 4.78 is 5.90. The van der Waals surface area contributed by atoms with Gasteiger partial charge >= 0.3 is 0 Å². The fourth-order valence-electron chi connectivity index (χ4n) is 3.94. The van der Waals surface area contributed by atoms with Gasteiger partial charge in [-0.05, 0) is 18.9 Å². The third kappa shape index (κ3) is 2.46. The second kappa shape index (κ2) is 5.86. The fraction of sp³-hybridized carbons (Fsp3) is 0.500. The number of aromatic nitrogens is 1. The van der Waals surface area contributed by atoms with Crippen molar-refractivity contribution < 1.29 is 9.53 Å². The van der Waals surface area contributed by atoms with Crippen LogP contribution in [0.2, 0.25) is 0 Å². The van der Waals surface area contributed by atoms with E-state index in [9.17, 15) is 4.79 Å². The molecule has 22 heavy (non-hydrogen) atoms. The maximum Gasteiger partial charge on any atom is 0.178 e. The molecule has 2 aliphatic rings. The van der Waals surface area contributed by atoms with Crippen LogP contribution in [0.1, 0.15) is 36.0 Å². The number of H-pyrrole nitrogens is 1. The summed E-state index contributed by atoms with van der Waals surface area (Å²) in [6, 6.07) is 8.43. The molecule has 2 heterocycles. The average molecular weight is 298 g/mol. The van der Waals surface area contributed by atoms with E-state index in [-0.39, 0.29) is 5.78 Å². The number of morpholine rings is 1. The molecule has 1 saturated heterocycles. The zero-order valence-electron chi connectivity index (χ0n) is 12.8. The van der Waals surface area contributed by atoms with Gasteiger partial charge in [0.2, 0.25) is 0 Å². The molecule has 0 radical (unpaired) electrons. The number of aromatic amines is 1. The second-order valence-electron chi connectivity index (χ2n) is 6.40. The van der Waals surface area contributed by atoms with Gasteiger partial charge in [0.1, 0.15) is 0 Å². The lowest BCUT2D eigenvalue weighted by Gasteiger charge is -2.43. The number of ketones is 1. The third-order valence-corrected chi connectivity index (χ3v) is 5.08.